The number of carbonyl (C=O) groups is 2. The van der Waals surface area contributed by atoms with Crippen LogP contribution in [0.25, 0.3) is 16.9 Å². The molecule has 1 aromatic heterocycles. The number of benzene rings is 2. The Balaban J connectivity index is 1.98. The lowest BCUT2D eigenvalue weighted by Gasteiger charge is -2.17. The van der Waals surface area contributed by atoms with Crippen molar-refractivity contribution < 1.29 is 14.3 Å². The van der Waals surface area contributed by atoms with Crippen molar-refractivity contribution in [1.82, 2.24) is 15.1 Å². The van der Waals surface area contributed by atoms with Gasteiger partial charge in [0.1, 0.15) is 0 Å². The van der Waals surface area contributed by atoms with E-state index in [1.165, 1.54) is 0 Å². The summed E-state index contributed by atoms with van der Waals surface area (Å²) in [5, 5.41) is 7.51. The first-order valence-corrected chi connectivity index (χ1v) is 10.6. The number of carbonyl (C=O) groups excluding carboxylic acids is 2. The molecule has 31 heavy (non-hydrogen) atoms. The van der Waals surface area contributed by atoms with Crippen LogP contribution in [0, 0.1) is 12.8 Å². The quantitative estimate of drug-likeness (QED) is 0.559. The lowest BCUT2D eigenvalue weighted by molar-refractivity contribution is 0.0518. The standard InChI is InChI=1S/C25H29N3O3/c1-6-31-25(30)22-15-23(21-10-8-7-9-17(21)4)28(27-22)20-13-11-19(12-14-20)24(29)26-18(5)16(2)3/h7-16,18H,6H2,1-5H3,(H,26,29)/t18-/m1/s1. The maximum absolute atomic E-state index is 12.5. The van der Waals surface area contributed by atoms with Crippen LogP contribution in [0.4, 0.5) is 0 Å². The fourth-order valence-corrected chi connectivity index (χ4v) is 3.15. The number of hydrogen-bond donors (Lipinski definition) is 1. The van der Waals surface area contributed by atoms with Crippen molar-refractivity contribution in [2.45, 2.75) is 40.7 Å². The molecule has 3 aromatic rings. The van der Waals surface area contributed by atoms with Gasteiger partial charge >= 0.3 is 5.97 Å². The van der Waals surface area contributed by atoms with Gasteiger partial charge in [-0.15, -0.1) is 0 Å². The zero-order chi connectivity index (χ0) is 22.5. The van der Waals surface area contributed by atoms with Gasteiger partial charge in [-0.1, -0.05) is 38.1 Å². The summed E-state index contributed by atoms with van der Waals surface area (Å²) in [4.78, 5) is 24.8. The minimum atomic E-state index is -0.463. The molecule has 6 heteroatoms. The third-order valence-corrected chi connectivity index (χ3v) is 5.35. The van der Waals surface area contributed by atoms with Crippen LogP contribution in [0.3, 0.4) is 0 Å². The van der Waals surface area contributed by atoms with Gasteiger partial charge in [0.15, 0.2) is 5.69 Å². The van der Waals surface area contributed by atoms with Crippen molar-refractivity contribution in [1.29, 1.82) is 0 Å². The minimum absolute atomic E-state index is 0.0816. The Morgan fingerprint density at radius 3 is 2.35 bits per heavy atom. The van der Waals surface area contributed by atoms with Crippen molar-refractivity contribution in [3.05, 3.63) is 71.4 Å². The Hall–Kier alpha value is -3.41. The fraction of sp³-hybridized carbons (Fsp3) is 0.320. The van der Waals surface area contributed by atoms with E-state index in [0.29, 0.717) is 11.5 Å². The number of hydrogen-bond acceptors (Lipinski definition) is 4. The SMILES string of the molecule is CCOC(=O)c1cc(-c2ccccc2C)n(-c2ccc(C(=O)N[C@H](C)C(C)C)cc2)n1. The number of rotatable bonds is 7. The van der Waals surface area contributed by atoms with Crippen molar-refractivity contribution in [3.63, 3.8) is 0 Å². The Labute approximate surface area is 183 Å². The van der Waals surface area contributed by atoms with Gasteiger partial charge in [-0.3, -0.25) is 4.79 Å². The molecule has 0 unspecified atom stereocenters. The van der Waals surface area contributed by atoms with Crippen LogP contribution in [0.2, 0.25) is 0 Å². The summed E-state index contributed by atoms with van der Waals surface area (Å²) >= 11 is 0. The number of amides is 1. The fourth-order valence-electron chi connectivity index (χ4n) is 3.15. The third kappa shape index (κ3) is 5.02. The molecule has 6 nitrogen and oxygen atoms in total. The van der Waals surface area contributed by atoms with E-state index in [-0.39, 0.29) is 24.2 Å². The van der Waals surface area contributed by atoms with Crippen molar-refractivity contribution in [2.75, 3.05) is 6.61 Å². The average molecular weight is 420 g/mol. The third-order valence-electron chi connectivity index (χ3n) is 5.35. The molecule has 0 aliphatic rings. The van der Waals surface area contributed by atoms with Gasteiger partial charge in [-0.05, 0) is 62.6 Å². The Morgan fingerprint density at radius 2 is 1.74 bits per heavy atom. The highest BCUT2D eigenvalue weighted by atomic mass is 16.5. The molecule has 0 aliphatic carbocycles. The number of aromatic nitrogens is 2. The van der Waals surface area contributed by atoms with Crippen LogP contribution in [0.15, 0.2) is 54.6 Å². The minimum Gasteiger partial charge on any atom is -0.461 e. The van der Waals surface area contributed by atoms with Crippen molar-refractivity contribution in [3.8, 4) is 16.9 Å². The van der Waals surface area contributed by atoms with E-state index in [1.54, 1.807) is 29.8 Å². The van der Waals surface area contributed by atoms with E-state index in [1.807, 2.05) is 50.2 Å². The molecule has 0 saturated heterocycles. The Kier molecular flexibility index (Phi) is 6.90. The van der Waals surface area contributed by atoms with Crippen LogP contribution in [0.1, 0.15) is 54.1 Å². The second kappa shape index (κ2) is 9.60. The van der Waals surface area contributed by atoms with Crippen LogP contribution >= 0.6 is 0 Å². The molecule has 1 atom stereocenters. The molecule has 0 spiro atoms. The van der Waals surface area contributed by atoms with Crippen molar-refractivity contribution >= 4 is 11.9 Å². The van der Waals surface area contributed by atoms with Crippen LogP contribution in [-0.4, -0.2) is 34.3 Å². The maximum atomic E-state index is 12.5. The van der Waals surface area contributed by atoms with Gasteiger partial charge in [0, 0.05) is 17.2 Å². The molecule has 0 saturated carbocycles. The summed E-state index contributed by atoms with van der Waals surface area (Å²) in [7, 11) is 0. The summed E-state index contributed by atoms with van der Waals surface area (Å²) in [6.07, 6.45) is 0. The van der Waals surface area contributed by atoms with Gasteiger partial charge in [0.25, 0.3) is 5.91 Å². The van der Waals surface area contributed by atoms with Crippen LogP contribution < -0.4 is 5.32 Å². The molecule has 0 aliphatic heterocycles. The second-order valence-electron chi connectivity index (χ2n) is 7.92. The van der Waals surface area contributed by atoms with E-state index in [0.717, 1.165) is 22.5 Å². The molecule has 2 aromatic carbocycles. The molecule has 1 N–H and O–H groups in total. The zero-order valence-electron chi connectivity index (χ0n) is 18.7. The van der Waals surface area contributed by atoms with Gasteiger partial charge in [0.2, 0.25) is 0 Å². The predicted molar refractivity (Wildman–Crippen MR) is 121 cm³/mol. The molecule has 3 rings (SSSR count). The van der Waals surface area contributed by atoms with E-state index >= 15 is 0 Å². The number of esters is 1. The summed E-state index contributed by atoms with van der Waals surface area (Å²) in [5.74, 6) is -0.223. The van der Waals surface area contributed by atoms with E-state index in [4.69, 9.17) is 4.74 Å². The summed E-state index contributed by atoms with van der Waals surface area (Å²) in [6.45, 7) is 10.2. The molecular weight excluding hydrogens is 390 g/mol. The molecule has 162 valence electrons. The van der Waals surface area contributed by atoms with E-state index in [2.05, 4.69) is 24.3 Å². The number of nitrogens with one attached hydrogen (secondary N) is 1. The topological polar surface area (TPSA) is 73.2 Å². The maximum Gasteiger partial charge on any atom is 0.358 e. The molecule has 0 radical (unpaired) electrons. The first kappa shape index (κ1) is 22.3. The Bertz CT molecular complexity index is 1070. The largest absolute Gasteiger partial charge is 0.461 e. The predicted octanol–water partition coefficient (Wildman–Crippen LogP) is 4.80. The van der Waals surface area contributed by atoms with Crippen LogP contribution in [-0.2, 0) is 4.74 Å². The zero-order valence-corrected chi connectivity index (χ0v) is 18.7. The normalized spacial score (nSPS) is 11.9. The molecular formula is C25H29N3O3. The number of ether oxygens (including phenoxy) is 1. The van der Waals surface area contributed by atoms with Gasteiger partial charge in [-0.2, -0.15) is 5.10 Å². The number of nitrogens with zero attached hydrogens (tertiary/aromatic N) is 2. The van der Waals surface area contributed by atoms with Gasteiger partial charge in [-0.25, -0.2) is 9.48 Å². The van der Waals surface area contributed by atoms with Gasteiger partial charge < -0.3 is 10.1 Å². The highest BCUT2D eigenvalue weighted by Gasteiger charge is 2.19. The van der Waals surface area contributed by atoms with E-state index < -0.39 is 5.97 Å². The van der Waals surface area contributed by atoms with E-state index in [9.17, 15) is 9.59 Å². The lowest BCUT2D eigenvalue weighted by atomic mass is 10.0. The first-order chi connectivity index (χ1) is 14.8. The van der Waals surface area contributed by atoms with Gasteiger partial charge in [0.05, 0.1) is 18.0 Å². The second-order valence-corrected chi connectivity index (χ2v) is 7.92. The summed E-state index contributed by atoms with van der Waals surface area (Å²) in [6, 6.07) is 17.0. The molecule has 1 amide bonds. The highest BCUT2D eigenvalue weighted by Crippen LogP contribution is 2.27. The monoisotopic (exact) mass is 419 g/mol. The van der Waals surface area contributed by atoms with Crippen LogP contribution in [0.5, 0.6) is 0 Å². The first-order valence-electron chi connectivity index (χ1n) is 10.6. The molecule has 0 bridgehead atoms. The smallest absolute Gasteiger partial charge is 0.358 e. The summed E-state index contributed by atoms with van der Waals surface area (Å²) < 4.78 is 6.85. The lowest BCUT2D eigenvalue weighted by Crippen LogP contribution is -2.36. The average Bonchev–Trinajstić information content (AvgIpc) is 3.19. The number of aryl methyl sites for hydroxylation is 1. The summed E-state index contributed by atoms with van der Waals surface area (Å²) in [5.41, 5.74) is 4.39. The molecule has 0 fully saturated rings. The Morgan fingerprint density at radius 1 is 1.06 bits per heavy atom. The molecule has 1 heterocycles. The van der Waals surface area contributed by atoms with Crippen molar-refractivity contribution in [2.24, 2.45) is 5.92 Å². The highest BCUT2D eigenvalue weighted by molar-refractivity contribution is 5.94.